The Morgan fingerprint density at radius 2 is 1.88 bits per heavy atom. The Kier molecular flexibility index (Phi) is 5.29. The van der Waals surface area contributed by atoms with Crippen LogP contribution in [0.4, 0.5) is 5.69 Å². The fraction of sp³-hybridized carbons (Fsp3) is 0.238. The van der Waals surface area contributed by atoms with E-state index in [9.17, 15) is 4.79 Å². The summed E-state index contributed by atoms with van der Waals surface area (Å²) in [4.78, 5) is 17.1. The molecule has 4 heteroatoms. The molecule has 1 heterocycles. The van der Waals surface area contributed by atoms with Crippen LogP contribution < -0.4 is 5.32 Å². The summed E-state index contributed by atoms with van der Waals surface area (Å²) >= 11 is 1.57. The van der Waals surface area contributed by atoms with Crippen molar-refractivity contribution in [2.45, 2.75) is 33.1 Å². The lowest BCUT2D eigenvalue weighted by Crippen LogP contribution is -2.17. The molecule has 0 aliphatic carbocycles. The summed E-state index contributed by atoms with van der Waals surface area (Å²) in [5.41, 5.74) is 5.07. The molecule has 0 aliphatic rings. The van der Waals surface area contributed by atoms with Crippen molar-refractivity contribution in [3.05, 3.63) is 70.7 Å². The highest BCUT2D eigenvalue weighted by molar-refractivity contribution is 7.13. The van der Waals surface area contributed by atoms with Crippen molar-refractivity contribution in [3.63, 3.8) is 0 Å². The molecule has 0 saturated heterocycles. The van der Waals surface area contributed by atoms with Gasteiger partial charge in [0.1, 0.15) is 5.01 Å². The predicted molar refractivity (Wildman–Crippen MR) is 105 cm³/mol. The van der Waals surface area contributed by atoms with Crippen LogP contribution in [0.3, 0.4) is 0 Å². The van der Waals surface area contributed by atoms with Gasteiger partial charge in [0.2, 0.25) is 5.91 Å². The number of anilines is 1. The zero-order chi connectivity index (χ0) is 17.8. The molecule has 3 rings (SSSR count). The van der Waals surface area contributed by atoms with E-state index in [4.69, 9.17) is 0 Å². The number of aryl methyl sites for hydroxylation is 1. The van der Waals surface area contributed by atoms with Crippen molar-refractivity contribution in [1.82, 2.24) is 4.98 Å². The normalized spacial score (nSPS) is 10.9. The second kappa shape index (κ2) is 7.62. The largest absolute Gasteiger partial charge is 0.325 e. The molecule has 1 N–H and O–H groups in total. The second-order valence-electron chi connectivity index (χ2n) is 6.43. The van der Waals surface area contributed by atoms with Gasteiger partial charge in [0.25, 0.3) is 0 Å². The van der Waals surface area contributed by atoms with Gasteiger partial charge < -0.3 is 5.32 Å². The number of para-hydroxylation sites is 1. The van der Waals surface area contributed by atoms with Gasteiger partial charge in [-0.2, -0.15) is 0 Å². The molecule has 0 atom stereocenters. The van der Waals surface area contributed by atoms with Crippen LogP contribution in [0.5, 0.6) is 0 Å². The van der Waals surface area contributed by atoms with Crippen molar-refractivity contribution in [3.8, 4) is 10.6 Å². The second-order valence-corrected chi connectivity index (χ2v) is 7.29. The lowest BCUT2D eigenvalue weighted by atomic mass is 9.98. The summed E-state index contributed by atoms with van der Waals surface area (Å²) in [6.07, 6.45) is 0.287. The van der Waals surface area contributed by atoms with Crippen molar-refractivity contribution in [2.75, 3.05) is 5.32 Å². The number of nitrogens with zero attached hydrogens (tertiary/aromatic N) is 1. The molecule has 0 radical (unpaired) electrons. The third kappa shape index (κ3) is 4.15. The van der Waals surface area contributed by atoms with E-state index in [1.54, 1.807) is 11.3 Å². The highest BCUT2D eigenvalue weighted by Crippen LogP contribution is 2.28. The van der Waals surface area contributed by atoms with Crippen LogP contribution >= 0.6 is 11.3 Å². The highest BCUT2D eigenvalue weighted by Gasteiger charge is 2.14. The minimum atomic E-state index is -0.0267. The van der Waals surface area contributed by atoms with Crippen molar-refractivity contribution in [2.24, 2.45) is 0 Å². The van der Waals surface area contributed by atoms with E-state index in [1.807, 2.05) is 54.8 Å². The molecular weight excluding hydrogens is 328 g/mol. The van der Waals surface area contributed by atoms with Gasteiger partial charge in [-0.15, -0.1) is 11.3 Å². The number of rotatable bonds is 5. The fourth-order valence-corrected chi connectivity index (χ4v) is 3.62. The quantitative estimate of drug-likeness (QED) is 0.667. The zero-order valence-electron chi connectivity index (χ0n) is 14.7. The Hall–Kier alpha value is -2.46. The molecular formula is C21H22N2OS. The molecule has 1 amide bonds. The lowest BCUT2D eigenvalue weighted by Gasteiger charge is -2.16. The minimum absolute atomic E-state index is 0.0267. The van der Waals surface area contributed by atoms with E-state index >= 15 is 0 Å². The number of carbonyl (C=O) groups excluding carboxylic acids is 1. The molecule has 2 aromatic carbocycles. The van der Waals surface area contributed by atoms with E-state index in [0.29, 0.717) is 5.92 Å². The first-order valence-corrected chi connectivity index (χ1v) is 9.31. The number of amides is 1. The number of hydrogen-bond donors (Lipinski definition) is 1. The number of benzene rings is 2. The van der Waals surface area contributed by atoms with E-state index in [1.165, 1.54) is 0 Å². The van der Waals surface area contributed by atoms with Crippen LogP contribution in [0, 0.1) is 6.92 Å². The Morgan fingerprint density at radius 1 is 1.12 bits per heavy atom. The highest BCUT2D eigenvalue weighted by atomic mass is 32.1. The standard InChI is InChI=1S/C21H22N2OS/c1-14(2)18-11-7-8-15(3)20(18)23-19(24)12-17-13-25-21(22-17)16-9-5-4-6-10-16/h4-11,13-14H,12H2,1-3H3,(H,23,24). The number of hydrogen-bond acceptors (Lipinski definition) is 3. The first kappa shape index (κ1) is 17.4. The van der Waals surface area contributed by atoms with Crippen LogP contribution in [0.1, 0.15) is 36.6 Å². The maximum atomic E-state index is 12.5. The Bertz CT molecular complexity index is 869. The summed E-state index contributed by atoms with van der Waals surface area (Å²) < 4.78 is 0. The van der Waals surface area contributed by atoms with Crippen molar-refractivity contribution >= 4 is 22.9 Å². The molecule has 3 aromatic rings. The van der Waals surface area contributed by atoms with Crippen LogP contribution in [-0.2, 0) is 11.2 Å². The molecule has 0 aliphatic heterocycles. The molecule has 0 unspecified atom stereocenters. The Morgan fingerprint density at radius 3 is 2.60 bits per heavy atom. The fourth-order valence-electron chi connectivity index (χ4n) is 2.79. The van der Waals surface area contributed by atoms with E-state index in [2.05, 4.69) is 30.2 Å². The molecule has 25 heavy (non-hydrogen) atoms. The third-order valence-electron chi connectivity index (χ3n) is 4.11. The van der Waals surface area contributed by atoms with Gasteiger partial charge in [0, 0.05) is 16.6 Å². The first-order valence-electron chi connectivity index (χ1n) is 8.44. The maximum absolute atomic E-state index is 12.5. The number of nitrogens with one attached hydrogen (secondary N) is 1. The topological polar surface area (TPSA) is 42.0 Å². The summed E-state index contributed by atoms with van der Waals surface area (Å²) in [6.45, 7) is 6.30. The smallest absolute Gasteiger partial charge is 0.230 e. The number of aromatic nitrogens is 1. The molecule has 0 spiro atoms. The molecule has 1 aromatic heterocycles. The molecule has 128 valence electrons. The number of thiazole rings is 1. The lowest BCUT2D eigenvalue weighted by molar-refractivity contribution is -0.115. The van der Waals surface area contributed by atoms with Gasteiger partial charge in [-0.05, 0) is 24.0 Å². The van der Waals surface area contributed by atoms with Gasteiger partial charge in [0.15, 0.2) is 0 Å². The van der Waals surface area contributed by atoms with E-state index < -0.39 is 0 Å². The Labute approximate surface area is 152 Å². The first-order chi connectivity index (χ1) is 12.0. The van der Waals surface area contributed by atoms with Crippen molar-refractivity contribution in [1.29, 1.82) is 0 Å². The van der Waals surface area contributed by atoms with Crippen LogP contribution in [0.25, 0.3) is 10.6 Å². The monoisotopic (exact) mass is 350 g/mol. The molecule has 0 bridgehead atoms. The molecule has 0 fully saturated rings. The summed E-state index contributed by atoms with van der Waals surface area (Å²) in [7, 11) is 0. The van der Waals surface area contributed by atoms with Crippen LogP contribution in [-0.4, -0.2) is 10.9 Å². The summed E-state index contributed by atoms with van der Waals surface area (Å²) in [6, 6.07) is 16.2. The third-order valence-corrected chi connectivity index (χ3v) is 5.05. The predicted octanol–water partition coefficient (Wildman–Crippen LogP) is 5.42. The summed E-state index contributed by atoms with van der Waals surface area (Å²) in [5, 5.41) is 5.99. The molecule has 3 nitrogen and oxygen atoms in total. The minimum Gasteiger partial charge on any atom is -0.325 e. The number of carbonyl (C=O) groups is 1. The SMILES string of the molecule is Cc1cccc(C(C)C)c1NC(=O)Cc1csc(-c2ccccc2)n1. The maximum Gasteiger partial charge on any atom is 0.230 e. The average molecular weight is 350 g/mol. The van der Waals surface area contributed by atoms with Gasteiger partial charge in [-0.3, -0.25) is 4.79 Å². The molecule has 0 saturated carbocycles. The van der Waals surface area contributed by atoms with Crippen LogP contribution in [0.15, 0.2) is 53.9 Å². The van der Waals surface area contributed by atoms with E-state index in [-0.39, 0.29) is 12.3 Å². The average Bonchev–Trinajstić information content (AvgIpc) is 3.05. The van der Waals surface area contributed by atoms with Gasteiger partial charge >= 0.3 is 0 Å². The van der Waals surface area contributed by atoms with E-state index in [0.717, 1.165) is 33.1 Å². The zero-order valence-corrected chi connectivity index (χ0v) is 15.6. The summed E-state index contributed by atoms with van der Waals surface area (Å²) in [5.74, 6) is 0.334. The van der Waals surface area contributed by atoms with Gasteiger partial charge in [-0.25, -0.2) is 4.98 Å². The van der Waals surface area contributed by atoms with Gasteiger partial charge in [-0.1, -0.05) is 62.4 Å². The Balaban J connectivity index is 1.73. The van der Waals surface area contributed by atoms with Crippen LogP contribution in [0.2, 0.25) is 0 Å². The van der Waals surface area contributed by atoms with Gasteiger partial charge in [0.05, 0.1) is 12.1 Å². The van der Waals surface area contributed by atoms with Crippen molar-refractivity contribution < 1.29 is 4.79 Å².